The number of nitrogens with zero attached hydrogens (tertiary/aromatic N) is 1. The van der Waals surface area contributed by atoms with Crippen molar-refractivity contribution in [2.45, 2.75) is 44.8 Å². The highest BCUT2D eigenvalue weighted by atomic mass is 16.5. The first kappa shape index (κ1) is 14.7. The van der Waals surface area contributed by atoms with E-state index in [2.05, 4.69) is 34.5 Å². The first-order valence-electron chi connectivity index (χ1n) is 9.00. The number of morpholine rings is 1. The topological polar surface area (TPSA) is 24.5 Å². The van der Waals surface area contributed by atoms with Gasteiger partial charge in [-0.25, -0.2) is 0 Å². The lowest BCUT2D eigenvalue weighted by Crippen LogP contribution is -2.36. The molecular weight excluding hydrogens is 272 g/mol. The van der Waals surface area contributed by atoms with Crippen LogP contribution in [0.25, 0.3) is 0 Å². The van der Waals surface area contributed by atoms with E-state index in [1.807, 2.05) is 0 Å². The van der Waals surface area contributed by atoms with Crippen LogP contribution in [0.1, 0.15) is 36.8 Å². The third kappa shape index (κ3) is 3.70. The van der Waals surface area contributed by atoms with Crippen molar-refractivity contribution in [3.63, 3.8) is 0 Å². The molecule has 3 heteroatoms. The summed E-state index contributed by atoms with van der Waals surface area (Å²) in [4.78, 5) is 2.52. The van der Waals surface area contributed by atoms with Gasteiger partial charge in [0.25, 0.3) is 0 Å². The summed E-state index contributed by atoms with van der Waals surface area (Å²) in [5, 5.41) is 3.89. The van der Waals surface area contributed by atoms with Crippen LogP contribution >= 0.6 is 0 Å². The van der Waals surface area contributed by atoms with E-state index in [9.17, 15) is 0 Å². The molecule has 1 N–H and O–H groups in total. The molecule has 0 radical (unpaired) electrons. The van der Waals surface area contributed by atoms with Crippen molar-refractivity contribution in [1.29, 1.82) is 0 Å². The standard InChI is InChI=1S/C19H28N2O/c1-2-4-18(14-21-9-11-22-12-10-21)17(3-1)13-20-19(15-5-6-15)16-7-8-16/h1-4,15-16,19-20H,5-14H2. The van der Waals surface area contributed by atoms with Crippen LogP contribution in [-0.4, -0.2) is 37.2 Å². The summed E-state index contributed by atoms with van der Waals surface area (Å²) in [5.41, 5.74) is 2.97. The molecule has 3 nitrogen and oxygen atoms in total. The molecule has 0 spiro atoms. The molecular formula is C19H28N2O. The van der Waals surface area contributed by atoms with Crippen molar-refractivity contribution in [3.8, 4) is 0 Å². The molecule has 2 aliphatic carbocycles. The highest BCUT2D eigenvalue weighted by Gasteiger charge is 2.40. The van der Waals surface area contributed by atoms with E-state index in [1.165, 1.54) is 36.8 Å². The Morgan fingerprint density at radius 2 is 1.64 bits per heavy atom. The Hall–Kier alpha value is -0.900. The lowest BCUT2D eigenvalue weighted by molar-refractivity contribution is 0.0340. The van der Waals surface area contributed by atoms with Gasteiger partial charge in [-0.05, 0) is 48.6 Å². The fourth-order valence-electron chi connectivity index (χ4n) is 3.74. The molecule has 1 heterocycles. The molecule has 1 aromatic carbocycles. The fraction of sp³-hybridized carbons (Fsp3) is 0.684. The molecule has 0 amide bonds. The summed E-state index contributed by atoms with van der Waals surface area (Å²) in [5.74, 6) is 1.94. The molecule has 1 aromatic rings. The zero-order valence-electron chi connectivity index (χ0n) is 13.5. The van der Waals surface area contributed by atoms with Crippen LogP contribution in [0.5, 0.6) is 0 Å². The van der Waals surface area contributed by atoms with Gasteiger partial charge in [-0.15, -0.1) is 0 Å². The molecule has 0 unspecified atom stereocenters. The quantitative estimate of drug-likeness (QED) is 0.838. The first-order chi connectivity index (χ1) is 10.9. The van der Waals surface area contributed by atoms with Gasteiger partial charge < -0.3 is 10.1 Å². The van der Waals surface area contributed by atoms with E-state index in [0.29, 0.717) is 0 Å². The maximum Gasteiger partial charge on any atom is 0.0594 e. The third-order valence-corrected chi connectivity index (χ3v) is 5.40. The smallest absolute Gasteiger partial charge is 0.0594 e. The zero-order chi connectivity index (χ0) is 14.8. The maximum atomic E-state index is 5.46. The van der Waals surface area contributed by atoms with Crippen LogP contribution in [0.15, 0.2) is 24.3 Å². The molecule has 1 saturated heterocycles. The van der Waals surface area contributed by atoms with Crippen molar-refractivity contribution >= 4 is 0 Å². The number of hydrogen-bond donors (Lipinski definition) is 1. The van der Waals surface area contributed by atoms with E-state index in [1.54, 1.807) is 0 Å². The van der Waals surface area contributed by atoms with Crippen LogP contribution in [-0.2, 0) is 17.8 Å². The lowest BCUT2D eigenvalue weighted by Gasteiger charge is -2.27. The molecule has 2 saturated carbocycles. The van der Waals surface area contributed by atoms with Crippen molar-refractivity contribution < 1.29 is 4.74 Å². The van der Waals surface area contributed by atoms with Gasteiger partial charge in [0.05, 0.1) is 13.2 Å². The zero-order valence-corrected chi connectivity index (χ0v) is 13.5. The Bertz CT molecular complexity index is 478. The molecule has 3 fully saturated rings. The van der Waals surface area contributed by atoms with E-state index in [0.717, 1.165) is 57.3 Å². The van der Waals surface area contributed by atoms with Crippen LogP contribution in [0.4, 0.5) is 0 Å². The summed E-state index contributed by atoms with van der Waals surface area (Å²) in [6.07, 6.45) is 5.79. The Morgan fingerprint density at radius 3 is 2.27 bits per heavy atom. The third-order valence-electron chi connectivity index (χ3n) is 5.40. The number of benzene rings is 1. The van der Waals surface area contributed by atoms with Crippen LogP contribution in [0.2, 0.25) is 0 Å². The number of rotatable bonds is 7. The van der Waals surface area contributed by atoms with Gasteiger partial charge in [-0.3, -0.25) is 4.90 Å². The molecule has 22 heavy (non-hydrogen) atoms. The van der Waals surface area contributed by atoms with Crippen LogP contribution in [0, 0.1) is 11.8 Å². The van der Waals surface area contributed by atoms with Gasteiger partial charge in [0.15, 0.2) is 0 Å². The Labute approximate surface area is 134 Å². The van der Waals surface area contributed by atoms with Gasteiger partial charge in [0, 0.05) is 32.2 Å². The molecule has 0 bridgehead atoms. The minimum absolute atomic E-state index is 0.788. The van der Waals surface area contributed by atoms with Crippen molar-refractivity contribution in [2.24, 2.45) is 11.8 Å². The van der Waals surface area contributed by atoms with Crippen molar-refractivity contribution in [3.05, 3.63) is 35.4 Å². The van der Waals surface area contributed by atoms with E-state index >= 15 is 0 Å². The normalized spacial score (nSPS) is 23.1. The van der Waals surface area contributed by atoms with Crippen molar-refractivity contribution in [1.82, 2.24) is 10.2 Å². The van der Waals surface area contributed by atoms with E-state index < -0.39 is 0 Å². The number of hydrogen-bond acceptors (Lipinski definition) is 3. The summed E-state index contributed by atoms with van der Waals surface area (Å²) < 4.78 is 5.46. The minimum Gasteiger partial charge on any atom is -0.379 e. The Balaban J connectivity index is 1.37. The highest BCUT2D eigenvalue weighted by molar-refractivity contribution is 5.27. The average Bonchev–Trinajstić information content (AvgIpc) is 3.44. The lowest BCUT2D eigenvalue weighted by atomic mass is 10.0. The molecule has 120 valence electrons. The maximum absolute atomic E-state index is 5.46. The molecule has 3 aliphatic rings. The molecule has 0 aromatic heterocycles. The molecule has 1 aliphatic heterocycles. The monoisotopic (exact) mass is 300 g/mol. The second kappa shape index (κ2) is 6.69. The van der Waals surface area contributed by atoms with E-state index in [4.69, 9.17) is 4.74 Å². The second-order valence-corrected chi connectivity index (χ2v) is 7.24. The predicted molar refractivity (Wildman–Crippen MR) is 88.6 cm³/mol. The van der Waals surface area contributed by atoms with Gasteiger partial charge in [0.2, 0.25) is 0 Å². The van der Waals surface area contributed by atoms with Gasteiger partial charge in [-0.1, -0.05) is 24.3 Å². The van der Waals surface area contributed by atoms with Gasteiger partial charge in [0.1, 0.15) is 0 Å². The molecule has 4 rings (SSSR count). The SMILES string of the molecule is c1ccc(CN2CCOCC2)c(CNC(C2CC2)C2CC2)c1. The van der Waals surface area contributed by atoms with E-state index in [-0.39, 0.29) is 0 Å². The number of nitrogens with one attached hydrogen (secondary N) is 1. The Kier molecular flexibility index (Phi) is 4.47. The summed E-state index contributed by atoms with van der Waals surface area (Å²) in [6, 6.07) is 9.76. The molecule has 0 atom stereocenters. The summed E-state index contributed by atoms with van der Waals surface area (Å²) in [6.45, 7) is 6.00. The van der Waals surface area contributed by atoms with Crippen molar-refractivity contribution in [2.75, 3.05) is 26.3 Å². The first-order valence-corrected chi connectivity index (χ1v) is 9.00. The van der Waals surface area contributed by atoms with Gasteiger partial charge in [-0.2, -0.15) is 0 Å². The second-order valence-electron chi connectivity index (χ2n) is 7.24. The average molecular weight is 300 g/mol. The van der Waals surface area contributed by atoms with Gasteiger partial charge >= 0.3 is 0 Å². The highest BCUT2D eigenvalue weighted by Crippen LogP contribution is 2.44. The largest absolute Gasteiger partial charge is 0.379 e. The summed E-state index contributed by atoms with van der Waals surface area (Å²) >= 11 is 0. The fourth-order valence-corrected chi connectivity index (χ4v) is 3.74. The minimum atomic E-state index is 0.788. The summed E-state index contributed by atoms with van der Waals surface area (Å²) in [7, 11) is 0. The Morgan fingerprint density at radius 1 is 1.00 bits per heavy atom. The van der Waals surface area contributed by atoms with Crippen LogP contribution < -0.4 is 5.32 Å². The van der Waals surface area contributed by atoms with Crippen LogP contribution in [0.3, 0.4) is 0 Å². The number of ether oxygens (including phenoxy) is 1. The predicted octanol–water partition coefficient (Wildman–Crippen LogP) is 2.80.